The smallest absolute Gasteiger partial charge is 0.269 e. The van der Waals surface area contributed by atoms with E-state index in [-0.39, 0.29) is 17.6 Å². The van der Waals surface area contributed by atoms with Gasteiger partial charge in [-0.25, -0.2) is 0 Å². The number of unbranched alkanes of at least 4 members (excludes halogenated alkanes) is 1. The molecule has 0 saturated heterocycles. The van der Waals surface area contributed by atoms with Crippen LogP contribution in [0.2, 0.25) is 0 Å². The normalized spacial score (nSPS) is 12.6. The molecule has 6 nitrogen and oxygen atoms in total. The fourth-order valence-electron chi connectivity index (χ4n) is 3.26. The zero-order valence-electron chi connectivity index (χ0n) is 18.3. The van der Waals surface area contributed by atoms with E-state index in [4.69, 9.17) is 0 Å². The fraction of sp³-hybridized carbons (Fsp3) is 0.360. The first kappa shape index (κ1) is 24.0. The lowest BCUT2D eigenvalue weighted by atomic mass is 9.99. The molecule has 2 rings (SSSR count). The first-order valence-electron chi connectivity index (χ1n) is 10.8. The number of pyridine rings is 1. The molecule has 1 atom stereocenters. The van der Waals surface area contributed by atoms with Crippen LogP contribution >= 0.6 is 0 Å². The second-order valence-electron chi connectivity index (χ2n) is 7.62. The minimum atomic E-state index is -0.401. The molecule has 0 fully saturated rings. The van der Waals surface area contributed by atoms with Gasteiger partial charge in [0.2, 0.25) is 5.91 Å². The number of nitrogens with zero attached hydrogens (tertiary/aromatic N) is 2. The Hall–Kier alpha value is -3.28. The molecule has 1 aromatic heterocycles. The Balaban J connectivity index is 1.88. The molecule has 6 heteroatoms. The summed E-state index contributed by atoms with van der Waals surface area (Å²) in [6.07, 6.45) is 14.6. The summed E-state index contributed by atoms with van der Waals surface area (Å²) in [5.74, 6) is -0.122. The molecule has 1 N–H and O–H groups in total. The van der Waals surface area contributed by atoms with Crippen molar-refractivity contribution in [1.82, 2.24) is 10.3 Å². The number of allylic oxidation sites excluding steroid dienone is 3. The van der Waals surface area contributed by atoms with E-state index in [1.165, 1.54) is 23.8 Å². The Kier molecular flexibility index (Phi) is 10.1. The highest BCUT2D eigenvalue weighted by Crippen LogP contribution is 2.23. The zero-order chi connectivity index (χ0) is 22.5. The number of nitrogens with one attached hydrogen (secondary N) is 1. The quantitative estimate of drug-likeness (QED) is 0.208. The van der Waals surface area contributed by atoms with Crippen LogP contribution in [0.15, 0.2) is 67.0 Å². The molecule has 164 valence electrons. The highest BCUT2D eigenvalue weighted by atomic mass is 16.6. The molecular formula is C25H31N3O3. The van der Waals surface area contributed by atoms with Crippen molar-refractivity contribution in [3.05, 3.63) is 88.3 Å². The molecule has 31 heavy (non-hydrogen) atoms. The van der Waals surface area contributed by atoms with Gasteiger partial charge in [-0.3, -0.25) is 19.9 Å². The van der Waals surface area contributed by atoms with Crippen LogP contribution in [0.3, 0.4) is 0 Å². The van der Waals surface area contributed by atoms with Crippen molar-refractivity contribution in [1.29, 1.82) is 0 Å². The Bertz CT molecular complexity index is 890. The average Bonchev–Trinajstić information content (AvgIpc) is 2.77. The monoisotopic (exact) mass is 421 g/mol. The van der Waals surface area contributed by atoms with Gasteiger partial charge in [-0.05, 0) is 73.9 Å². The lowest BCUT2D eigenvalue weighted by Gasteiger charge is -2.12. The van der Waals surface area contributed by atoms with Gasteiger partial charge < -0.3 is 5.32 Å². The molecule has 0 aliphatic heterocycles. The molecular weight excluding hydrogens is 390 g/mol. The number of benzene rings is 1. The molecule has 0 aliphatic rings. The van der Waals surface area contributed by atoms with Crippen molar-refractivity contribution in [2.45, 2.75) is 58.4 Å². The predicted molar refractivity (Wildman–Crippen MR) is 125 cm³/mol. The van der Waals surface area contributed by atoms with Crippen molar-refractivity contribution in [3.63, 3.8) is 0 Å². The van der Waals surface area contributed by atoms with E-state index in [2.05, 4.69) is 23.3 Å². The summed E-state index contributed by atoms with van der Waals surface area (Å²) < 4.78 is 0. The maximum Gasteiger partial charge on any atom is 0.269 e. The van der Waals surface area contributed by atoms with Crippen LogP contribution in [0.4, 0.5) is 5.69 Å². The number of hydrogen-bond acceptors (Lipinski definition) is 4. The van der Waals surface area contributed by atoms with Gasteiger partial charge in [-0.2, -0.15) is 0 Å². The van der Waals surface area contributed by atoms with E-state index in [9.17, 15) is 14.9 Å². The molecule has 0 aliphatic carbocycles. The average molecular weight is 422 g/mol. The SMILES string of the molecule is CCCC/C(=C\C=C\C(=O)N[C@H](C)CCCc1cccnc1)c1ccc([N+](=O)[O-])cc1. The van der Waals surface area contributed by atoms with Crippen molar-refractivity contribution >= 4 is 17.2 Å². The number of aryl methyl sites for hydroxylation is 1. The molecule has 1 aromatic carbocycles. The van der Waals surface area contributed by atoms with Crippen LogP contribution in [0.25, 0.3) is 5.57 Å². The van der Waals surface area contributed by atoms with E-state index in [1.54, 1.807) is 24.4 Å². The maximum atomic E-state index is 12.2. The molecule has 0 saturated carbocycles. The number of rotatable bonds is 12. The van der Waals surface area contributed by atoms with E-state index in [1.807, 2.05) is 25.3 Å². The van der Waals surface area contributed by atoms with Crippen LogP contribution in [-0.4, -0.2) is 21.9 Å². The number of carbonyl (C=O) groups is 1. The second kappa shape index (κ2) is 13.1. The van der Waals surface area contributed by atoms with E-state index in [0.29, 0.717) is 0 Å². The first-order chi connectivity index (χ1) is 15.0. The summed E-state index contributed by atoms with van der Waals surface area (Å²) in [6, 6.07) is 10.6. The number of nitro benzene ring substituents is 1. The highest BCUT2D eigenvalue weighted by Gasteiger charge is 2.07. The van der Waals surface area contributed by atoms with Crippen LogP contribution in [0.5, 0.6) is 0 Å². The predicted octanol–water partition coefficient (Wildman–Crippen LogP) is 5.65. The Morgan fingerprint density at radius 2 is 2.00 bits per heavy atom. The van der Waals surface area contributed by atoms with Gasteiger partial charge in [0.05, 0.1) is 4.92 Å². The second-order valence-corrected chi connectivity index (χ2v) is 7.62. The third-order valence-electron chi connectivity index (χ3n) is 5.01. The number of hydrogen-bond donors (Lipinski definition) is 1. The molecule has 1 amide bonds. The van der Waals surface area contributed by atoms with Gasteiger partial charge in [0.15, 0.2) is 0 Å². The van der Waals surface area contributed by atoms with Crippen molar-refractivity contribution in [2.75, 3.05) is 0 Å². The highest BCUT2D eigenvalue weighted by molar-refractivity contribution is 5.88. The third-order valence-corrected chi connectivity index (χ3v) is 5.01. The summed E-state index contributed by atoms with van der Waals surface area (Å²) in [6.45, 7) is 4.13. The summed E-state index contributed by atoms with van der Waals surface area (Å²) in [4.78, 5) is 26.8. The number of carbonyl (C=O) groups excluding carboxylic acids is 1. The van der Waals surface area contributed by atoms with Crippen molar-refractivity contribution in [2.24, 2.45) is 0 Å². The molecule has 0 spiro atoms. The van der Waals surface area contributed by atoms with Crippen molar-refractivity contribution < 1.29 is 9.72 Å². The van der Waals surface area contributed by atoms with Crippen LogP contribution < -0.4 is 5.32 Å². The van der Waals surface area contributed by atoms with Gasteiger partial charge in [0.25, 0.3) is 5.69 Å². The van der Waals surface area contributed by atoms with E-state index >= 15 is 0 Å². The van der Waals surface area contributed by atoms with Crippen LogP contribution in [0.1, 0.15) is 57.1 Å². The van der Waals surface area contributed by atoms with Gasteiger partial charge in [0, 0.05) is 36.6 Å². The summed E-state index contributed by atoms with van der Waals surface area (Å²) in [5.41, 5.74) is 3.28. The lowest BCUT2D eigenvalue weighted by molar-refractivity contribution is -0.384. The molecule has 0 radical (unpaired) electrons. The Morgan fingerprint density at radius 1 is 1.23 bits per heavy atom. The standard InChI is InChI=1S/C25H31N3O3/c1-3-4-11-22(23-14-16-24(17-15-23)28(30)31)12-6-13-25(29)27-20(2)8-5-9-21-10-7-18-26-19-21/h6-7,10,12-20H,3-5,8-9,11H2,1-2H3,(H,27,29)/b13-6+,22-12+/t20-/m1/s1. The van der Waals surface area contributed by atoms with Gasteiger partial charge in [-0.1, -0.05) is 31.6 Å². The maximum absolute atomic E-state index is 12.2. The number of nitro groups is 1. The van der Waals surface area contributed by atoms with E-state index in [0.717, 1.165) is 49.7 Å². The topological polar surface area (TPSA) is 85.1 Å². The molecule has 0 unspecified atom stereocenters. The zero-order valence-corrected chi connectivity index (χ0v) is 18.3. The van der Waals surface area contributed by atoms with E-state index < -0.39 is 4.92 Å². The number of aromatic nitrogens is 1. The summed E-state index contributed by atoms with van der Waals surface area (Å²) in [5, 5.41) is 13.9. The molecule has 2 aromatic rings. The molecule has 1 heterocycles. The Labute approximate surface area is 184 Å². The third kappa shape index (κ3) is 8.95. The van der Waals surface area contributed by atoms with Crippen LogP contribution in [0, 0.1) is 10.1 Å². The number of amides is 1. The lowest BCUT2D eigenvalue weighted by Crippen LogP contribution is -2.31. The number of non-ortho nitro benzene ring substituents is 1. The Morgan fingerprint density at radius 3 is 2.65 bits per heavy atom. The van der Waals surface area contributed by atoms with Gasteiger partial charge in [-0.15, -0.1) is 0 Å². The fourth-order valence-corrected chi connectivity index (χ4v) is 3.26. The minimum Gasteiger partial charge on any atom is -0.350 e. The minimum absolute atomic E-state index is 0.0750. The van der Waals surface area contributed by atoms with Gasteiger partial charge in [0.1, 0.15) is 0 Å². The largest absolute Gasteiger partial charge is 0.350 e. The van der Waals surface area contributed by atoms with Gasteiger partial charge >= 0.3 is 0 Å². The summed E-state index contributed by atoms with van der Waals surface area (Å²) in [7, 11) is 0. The molecule has 0 bridgehead atoms. The van der Waals surface area contributed by atoms with Crippen molar-refractivity contribution in [3.8, 4) is 0 Å². The van der Waals surface area contributed by atoms with Crippen LogP contribution in [-0.2, 0) is 11.2 Å². The first-order valence-corrected chi connectivity index (χ1v) is 10.8. The summed E-state index contributed by atoms with van der Waals surface area (Å²) >= 11 is 0.